The third kappa shape index (κ3) is 3.08. The van der Waals surface area contributed by atoms with Crippen molar-refractivity contribution >= 4 is 23.4 Å². The van der Waals surface area contributed by atoms with Gasteiger partial charge in [-0.1, -0.05) is 12.1 Å². The molecule has 0 saturated carbocycles. The SMILES string of the molecule is Nc1cccc(CSc2ccc(F)c(F)c2)c1C(=O)O. The summed E-state index contributed by atoms with van der Waals surface area (Å²) in [6.07, 6.45) is 0. The summed E-state index contributed by atoms with van der Waals surface area (Å²) in [5.41, 5.74) is 6.40. The Morgan fingerprint density at radius 1 is 1.20 bits per heavy atom. The summed E-state index contributed by atoms with van der Waals surface area (Å²) in [4.78, 5) is 11.7. The summed E-state index contributed by atoms with van der Waals surface area (Å²) in [5, 5.41) is 9.13. The van der Waals surface area contributed by atoms with Gasteiger partial charge in [0.15, 0.2) is 11.6 Å². The van der Waals surface area contributed by atoms with Crippen molar-refractivity contribution in [1.29, 1.82) is 0 Å². The maximum atomic E-state index is 13.1. The molecule has 104 valence electrons. The van der Waals surface area contributed by atoms with Gasteiger partial charge in [-0.15, -0.1) is 11.8 Å². The van der Waals surface area contributed by atoms with Crippen LogP contribution in [0.2, 0.25) is 0 Å². The van der Waals surface area contributed by atoms with Crippen LogP contribution in [0, 0.1) is 11.6 Å². The summed E-state index contributed by atoms with van der Waals surface area (Å²) in [6.45, 7) is 0. The van der Waals surface area contributed by atoms with Crippen LogP contribution in [0.3, 0.4) is 0 Å². The van der Waals surface area contributed by atoms with E-state index in [1.165, 1.54) is 23.9 Å². The van der Waals surface area contributed by atoms with Crippen LogP contribution in [0.4, 0.5) is 14.5 Å². The molecule has 0 spiro atoms. The molecule has 3 nitrogen and oxygen atoms in total. The largest absolute Gasteiger partial charge is 0.478 e. The average molecular weight is 295 g/mol. The lowest BCUT2D eigenvalue weighted by Gasteiger charge is -2.08. The zero-order valence-corrected chi connectivity index (χ0v) is 11.1. The minimum Gasteiger partial charge on any atom is -0.478 e. The lowest BCUT2D eigenvalue weighted by Crippen LogP contribution is -2.06. The summed E-state index contributed by atoms with van der Waals surface area (Å²) in [6, 6.07) is 8.36. The van der Waals surface area contributed by atoms with E-state index in [0.717, 1.165) is 12.1 Å². The van der Waals surface area contributed by atoms with Crippen molar-refractivity contribution in [3.63, 3.8) is 0 Å². The highest BCUT2D eigenvalue weighted by Gasteiger charge is 2.14. The minimum atomic E-state index is -1.11. The van der Waals surface area contributed by atoms with Gasteiger partial charge in [-0.25, -0.2) is 13.6 Å². The molecule has 0 amide bonds. The highest BCUT2D eigenvalue weighted by atomic mass is 32.2. The van der Waals surface area contributed by atoms with Crippen molar-refractivity contribution in [2.24, 2.45) is 0 Å². The Morgan fingerprint density at radius 3 is 2.60 bits per heavy atom. The predicted molar refractivity (Wildman–Crippen MR) is 73.7 cm³/mol. The summed E-state index contributed by atoms with van der Waals surface area (Å²) < 4.78 is 25.9. The Kier molecular flexibility index (Phi) is 4.24. The van der Waals surface area contributed by atoms with Crippen molar-refractivity contribution in [3.8, 4) is 0 Å². The summed E-state index contributed by atoms with van der Waals surface area (Å²) >= 11 is 1.21. The molecule has 0 unspecified atom stereocenters. The second kappa shape index (κ2) is 5.92. The molecule has 0 radical (unpaired) electrons. The first-order valence-corrected chi connectivity index (χ1v) is 6.66. The van der Waals surface area contributed by atoms with Gasteiger partial charge in [0.05, 0.1) is 5.56 Å². The number of thioether (sulfide) groups is 1. The molecule has 0 atom stereocenters. The maximum absolute atomic E-state index is 13.1. The van der Waals surface area contributed by atoms with Gasteiger partial charge < -0.3 is 10.8 Å². The van der Waals surface area contributed by atoms with Crippen LogP contribution >= 0.6 is 11.8 Å². The number of carboxylic acid groups (broad SMARTS) is 1. The molecule has 3 N–H and O–H groups in total. The highest BCUT2D eigenvalue weighted by molar-refractivity contribution is 7.98. The molecule has 0 heterocycles. The lowest BCUT2D eigenvalue weighted by atomic mass is 10.1. The third-order valence-electron chi connectivity index (χ3n) is 2.68. The van der Waals surface area contributed by atoms with Crippen molar-refractivity contribution in [3.05, 3.63) is 59.2 Å². The molecule has 2 rings (SSSR count). The molecular formula is C14H11F2NO2S. The standard InChI is InChI=1S/C14H11F2NO2S/c15-10-5-4-9(6-11(10)16)20-7-8-2-1-3-12(17)13(8)14(18)19/h1-6H,7,17H2,(H,18,19). The first-order chi connectivity index (χ1) is 9.49. The van der Waals surface area contributed by atoms with Crippen molar-refractivity contribution in [2.75, 3.05) is 5.73 Å². The monoisotopic (exact) mass is 295 g/mol. The molecule has 6 heteroatoms. The van der Waals surface area contributed by atoms with Crippen molar-refractivity contribution in [2.45, 2.75) is 10.6 Å². The Labute approximate surface area is 118 Å². The van der Waals surface area contributed by atoms with E-state index in [9.17, 15) is 13.6 Å². The van der Waals surface area contributed by atoms with Gasteiger partial charge in [-0.2, -0.15) is 0 Å². The number of anilines is 1. The van der Waals surface area contributed by atoms with Gasteiger partial charge >= 0.3 is 5.97 Å². The van der Waals surface area contributed by atoms with Crippen LogP contribution in [0.25, 0.3) is 0 Å². The molecule has 0 aliphatic heterocycles. The number of halogens is 2. The number of nitrogens with two attached hydrogens (primary N) is 1. The Bertz CT molecular complexity index is 662. The molecule has 0 aromatic heterocycles. The number of hydrogen-bond donors (Lipinski definition) is 2. The zero-order valence-electron chi connectivity index (χ0n) is 10.3. The number of aromatic carboxylic acids is 1. The van der Waals surface area contributed by atoms with Gasteiger partial charge in [0.2, 0.25) is 0 Å². The van der Waals surface area contributed by atoms with Crippen LogP contribution in [0.5, 0.6) is 0 Å². The molecule has 0 bridgehead atoms. The molecule has 2 aromatic carbocycles. The number of rotatable bonds is 4. The Hall–Kier alpha value is -2.08. The van der Waals surface area contributed by atoms with E-state index < -0.39 is 17.6 Å². The molecule has 0 fully saturated rings. The van der Waals surface area contributed by atoms with Gasteiger partial charge in [-0.05, 0) is 29.8 Å². The van der Waals surface area contributed by atoms with Crippen LogP contribution in [-0.4, -0.2) is 11.1 Å². The summed E-state index contributed by atoms with van der Waals surface area (Å²) in [5.74, 6) is -2.65. The van der Waals surface area contributed by atoms with Crippen LogP contribution < -0.4 is 5.73 Å². The van der Waals surface area contributed by atoms with E-state index in [-0.39, 0.29) is 11.3 Å². The number of benzene rings is 2. The first-order valence-electron chi connectivity index (χ1n) is 5.67. The quantitative estimate of drug-likeness (QED) is 0.669. The predicted octanol–water partition coefficient (Wildman–Crippen LogP) is 3.54. The lowest BCUT2D eigenvalue weighted by molar-refractivity contribution is 0.0697. The Morgan fingerprint density at radius 2 is 1.95 bits per heavy atom. The molecular weight excluding hydrogens is 284 g/mol. The normalized spacial score (nSPS) is 10.5. The van der Waals surface area contributed by atoms with Gasteiger partial charge in [0, 0.05) is 16.3 Å². The van der Waals surface area contributed by atoms with Crippen molar-refractivity contribution < 1.29 is 18.7 Å². The molecule has 20 heavy (non-hydrogen) atoms. The van der Waals surface area contributed by atoms with E-state index in [1.54, 1.807) is 12.1 Å². The highest BCUT2D eigenvalue weighted by Crippen LogP contribution is 2.27. The van der Waals surface area contributed by atoms with E-state index in [0.29, 0.717) is 16.2 Å². The number of carbonyl (C=O) groups is 1. The number of hydrogen-bond acceptors (Lipinski definition) is 3. The smallest absolute Gasteiger partial charge is 0.338 e. The van der Waals surface area contributed by atoms with E-state index in [1.807, 2.05) is 0 Å². The summed E-state index contributed by atoms with van der Waals surface area (Å²) in [7, 11) is 0. The second-order valence-electron chi connectivity index (χ2n) is 4.05. The van der Waals surface area contributed by atoms with Gasteiger partial charge in [0.25, 0.3) is 0 Å². The first kappa shape index (κ1) is 14.3. The van der Waals surface area contributed by atoms with Gasteiger partial charge in [0.1, 0.15) is 0 Å². The average Bonchev–Trinajstić information content (AvgIpc) is 2.39. The zero-order chi connectivity index (χ0) is 14.7. The topological polar surface area (TPSA) is 63.3 Å². The van der Waals surface area contributed by atoms with E-state index in [4.69, 9.17) is 10.8 Å². The third-order valence-corrected chi connectivity index (χ3v) is 3.72. The van der Waals surface area contributed by atoms with Crippen LogP contribution in [0.15, 0.2) is 41.3 Å². The van der Waals surface area contributed by atoms with Crippen LogP contribution in [0.1, 0.15) is 15.9 Å². The van der Waals surface area contributed by atoms with Gasteiger partial charge in [-0.3, -0.25) is 0 Å². The second-order valence-corrected chi connectivity index (χ2v) is 5.10. The molecule has 0 aliphatic carbocycles. The van der Waals surface area contributed by atoms with Crippen LogP contribution in [-0.2, 0) is 5.75 Å². The van der Waals surface area contributed by atoms with Crippen molar-refractivity contribution in [1.82, 2.24) is 0 Å². The molecule has 0 aliphatic rings. The van der Waals surface area contributed by atoms with E-state index in [2.05, 4.69) is 0 Å². The fourth-order valence-electron chi connectivity index (χ4n) is 1.73. The molecule has 2 aromatic rings. The number of carboxylic acids is 1. The fraction of sp³-hybridized carbons (Fsp3) is 0.0714. The maximum Gasteiger partial charge on any atom is 0.338 e. The fourth-order valence-corrected chi connectivity index (χ4v) is 2.64. The van der Waals surface area contributed by atoms with E-state index >= 15 is 0 Å². The molecule has 0 saturated heterocycles. The number of nitrogen functional groups attached to an aromatic ring is 1. The Balaban J connectivity index is 2.21. The minimum absolute atomic E-state index is 0.0441.